The van der Waals surface area contributed by atoms with Crippen molar-refractivity contribution in [2.45, 2.75) is 43.9 Å². The molecule has 0 aliphatic heterocycles. The third-order valence-electron chi connectivity index (χ3n) is 7.28. The van der Waals surface area contributed by atoms with Gasteiger partial charge in [-0.25, -0.2) is 0 Å². The molecule has 1 unspecified atom stereocenters. The number of aryl methyl sites for hydroxylation is 2. The van der Waals surface area contributed by atoms with E-state index in [0.717, 1.165) is 36.3 Å². The van der Waals surface area contributed by atoms with Crippen LogP contribution in [0.5, 0.6) is 0 Å². The van der Waals surface area contributed by atoms with Crippen LogP contribution >= 0.6 is 0 Å². The number of aldehydes is 1. The third-order valence-corrected chi connectivity index (χ3v) is 7.28. The Morgan fingerprint density at radius 2 is 1.66 bits per heavy atom. The van der Waals surface area contributed by atoms with E-state index in [1.54, 1.807) is 0 Å². The lowest BCUT2D eigenvalue weighted by Gasteiger charge is -2.39. The number of hydrogen-bond acceptors (Lipinski definition) is 2. The summed E-state index contributed by atoms with van der Waals surface area (Å²) >= 11 is 0. The zero-order valence-corrected chi connectivity index (χ0v) is 16.8. The number of benzene rings is 2. The second-order valence-corrected chi connectivity index (χ2v) is 8.81. The maximum atomic E-state index is 11.1. The number of fused-ring (bicyclic) bond motifs is 2. The highest BCUT2D eigenvalue weighted by Crippen LogP contribution is 2.60. The molecule has 2 fully saturated rings. The van der Waals surface area contributed by atoms with Gasteiger partial charge in [0.15, 0.2) is 0 Å². The lowest BCUT2D eigenvalue weighted by Crippen LogP contribution is -2.34. The lowest BCUT2D eigenvalue weighted by molar-refractivity contribution is 0.112. The van der Waals surface area contributed by atoms with Crippen molar-refractivity contribution in [2.75, 3.05) is 0 Å². The maximum absolute atomic E-state index is 11.1. The predicted octanol–water partition coefficient (Wildman–Crippen LogP) is 5.79. The smallest absolute Gasteiger partial charge is 0.150 e. The Balaban J connectivity index is 1.43. The highest BCUT2D eigenvalue weighted by Gasteiger charge is 2.52. The first-order valence-corrected chi connectivity index (χ1v) is 10.8. The molecule has 5 rings (SSSR count). The molecule has 2 heteroatoms. The number of aromatic nitrogens is 1. The molecule has 1 heterocycles. The summed E-state index contributed by atoms with van der Waals surface area (Å²) < 4.78 is 0. The summed E-state index contributed by atoms with van der Waals surface area (Å²) in [6.07, 6.45) is 10.1. The molecule has 0 N–H and O–H groups in total. The normalized spacial score (nSPS) is 25.2. The Hall–Kier alpha value is -2.74. The van der Waals surface area contributed by atoms with Crippen molar-refractivity contribution in [3.05, 3.63) is 101 Å². The van der Waals surface area contributed by atoms with Crippen LogP contribution in [0.2, 0.25) is 0 Å². The molecule has 1 aromatic heterocycles. The Morgan fingerprint density at radius 1 is 0.897 bits per heavy atom. The Labute approximate surface area is 173 Å². The van der Waals surface area contributed by atoms with Gasteiger partial charge in [0.25, 0.3) is 0 Å². The van der Waals surface area contributed by atoms with Gasteiger partial charge in [0.05, 0.1) is 0 Å². The number of hydrogen-bond donors (Lipinski definition) is 0. The summed E-state index contributed by atoms with van der Waals surface area (Å²) in [7, 11) is 0. The van der Waals surface area contributed by atoms with E-state index in [-0.39, 0.29) is 5.41 Å². The molecule has 3 atom stereocenters. The van der Waals surface area contributed by atoms with Crippen molar-refractivity contribution in [3.63, 3.8) is 0 Å². The highest BCUT2D eigenvalue weighted by molar-refractivity contribution is 5.74. The fraction of sp³-hybridized carbons (Fsp3) is 0.333. The summed E-state index contributed by atoms with van der Waals surface area (Å²) in [4.78, 5) is 15.6. The predicted molar refractivity (Wildman–Crippen MR) is 116 cm³/mol. The Morgan fingerprint density at radius 3 is 2.24 bits per heavy atom. The number of pyridine rings is 1. The van der Waals surface area contributed by atoms with Crippen molar-refractivity contribution in [1.82, 2.24) is 4.98 Å². The van der Waals surface area contributed by atoms with Crippen LogP contribution in [-0.4, -0.2) is 11.3 Å². The van der Waals surface area contributed by atoms with Gasteiger partial charge in [-0.1, -0.05) is 61.0 Å². The van der Waals surface area contributed by atoms with Gasteiger partial charge in [0, 0.05) is 22.9 Å². The summed E-state index contributed by atoms with van der Waals surface area (Å²) in [5.41, 5.74) is 6.23. The van der Waals surface area contributed by atoms with Gasteiger partial charge in [-0.05, 0) is 72.8 Å². The molecule has 2 aliphatic carbocycles. The van der Waals surface area contributed by atoms with E-state index < -0.39 is 0 Å². The fourth-order valence-corrected chi connectivity index (χ4v) is 5.85. The van der Waals surface area contributed by atoms with Crippen LogP contribution in [0, 0.1) is 11.8 Å². The van der Waals surface area contributed by atoms with Crippen LogP contribution in [0.25, 0.3) is 0 Å². The van der Waals surface area contributed by atoms with Gasteiger partial charge in [-0.2, -0.15) is 0 Å². The zero-order chi connectivity index (χ0) is 19.7. The molecule has 0 saturated heterocycles. The second-order valence-electron chi connectivity index (χ2n) is 8.81. The van der Waals surface area contributed by atoms with Gasteiger partial charge in [-0.3, -0.25) is 9.78 Å². The van der Waals surface area contributed by atoms with Crippen LogP contribution < -0.4 is 0 Å². The van der Waals surface area contributed by atoms with Crippen LogP contribution in [0.15, 0.2) is 72.9 Å². The van der Waals surface area contributed by atoms with Gasteiger partial charge in [0.2, 0.25) is 0 Å². The summed E-state index contributed by atoms with van der Waals surface area (Å²) in [5, 5.41) is 0. The molecule has 2 aliphatic rings. The molecular formula is C27H27NO. The minimum absolute atomic E-state index is 0.115. The van der Waals surface area contributed by atoms with E-state index in [1.165, 1.54) is 42.4 Å². The molecule has 2 bridgehead atoms. The van der Waals surface area contributed by atoms with Crippen molar-refractivity contribution in [2.24, 2.45) is 11.8 Å². The standard InChI is InChI=1S/C27H27NO/c29-19-21-6-12-24(13-7-21)27(18-22-8-14-25(27)17-22)23-10-4-20(5-11-23)9-15-26-3-1-2-16-28-26/h1-7,10-13,16,19,22,25H,8-9,14-15,17-18H2/t22?,25-,27-/m1/s1. The SMILES string of the molecule is O=Cc1ccc([C@]2(c3ccc(CCc4ccccn4)cc3)CC3CC[C@@H]2C3)cc1. The Kier molecular flexibility index (Phi) is 4.79. The third kappa shape index (κ3) is 3.31. The van der Waals surface area contributed by atoms with Crippen molar-refractivity contribution in [3.8, 4) is 0 Å². The molecular weight excluding hydrogens is 354 g/mol. The fourth-order valence-electron chi connectivity index (χ4n) is 5.85. The van der Waals surface area contributed by atoms with E-state index in [4.69, 9.17) is 0 Å². The molecule has 0 spiro atoms. The van der Waals surface area contributed by atoms with E-state index in [1.807, 2.05) is 24.4 Å². The molecule has 3 aromatic rings. The largest absolute Gasteiger partial charge is 0.298 e. The molecule has 2 nitrogen and oxygen atoms in total. The molecule has 2 saturated carbocycles. The minimum atomic E-state index is 0.115. The van der Waals surface area contributed by atoms with Crippen molar-refractivity contribution >= 4 is 6.29 Å². The molecule has 2 aromatic carbocycles. The zero-order valence-electron chi connectivity index (χ0n) is 16.8. The molecule has 0 amide bonds. The summed E-state index contributed by atoms with van der Waals surface area (Å²) in [6, 6.07) is 23.8. The maximum Gasteiger partial charge on any atom is 0.150 e. The number of nitrogens with zero attached hydrogens (tertiary/aromatic N) is 1. The number of carbonyl (C=O) groups is 1. The van der Waals surface area contributed by atoms with Gasteiger partial charge in [0.1, 0.15) is 6.29 Å². The summed E-state index contributed by atoms with van der Waals surface area (Å²) in [6.45, 7) is 0. The number of carbonyl (C=O) groups excluding carboxylic acids is 1. The van der Waals surface area contributed by atoms with Crippen LogP contribution in [0.3, 0.4) is 0 Å². The first kappa shape index (κ1) is 18.3. The summed E-state index contributed by atoms with van der Waals surface area (Å²) in [5.74, 6) is 1.56. The van der Waals surface area contributed by atoms with Gasteiger partial charge < -0.3 is 0 Å². The topological polar surface area (TPSA) is 30.0 Å². The van der Waals surface area contributed by atoms with Crippen molar-refractivity contribution < 1.29 is 4.79 Å². The van der Waals surface area contributed by atoms with Crippen LogP contribution in [0.4, 0.5) is 0 Å². The van der Waals surface area contributed by atoms with Crippen LogP contribution in [-0.2, 0) is 18.3 Å². The number of rotatable bonds is 6. The van der Waals surface area contributed by atoms with Gasteiger partial charge in [-0.15, -0.1) is 0 Å². The van der Waals surface area contributed by atoms with Gasteiger partial charge >= 0.3 is 0 Å². The van der Waals surface area contributed by atoms with E-state index >= 15 is 0 Å². The quantitative estimate of drug-likeness (QED) is 0.506. The minimum Gasteiger partial charge on any atom is -0.298 e. The second kappa shape index (κ2) is 7.59. The highest BCUT2D eigenvalue weighted by atomic mass is 16.1. The van der Waals surface area contributed by atoms with E-state index in [9.17, 15) is 4.79 Å². The van der Waals surface area contributed by atoms with E-state index in [0.29, 0.717) is 5.92 Å². The first-order valence-electron chi connectivity index (χ1n) is 10.8. The average Bonchev–Trinajstić information content (AvgIpc) is 3.41. The van der Waals surface area contributed by atoms with Crippen molar-refractivity contribution in [1.29, 1.82) is 0 Å². The molecule has 0 radical (unpaired) electrons. The monoisotopic (exact) mass is 381 g/mol. The lowest BCUT2D eigenvalue weighted by atomic mass is 9.64. The van der Waals surface area contributed by atoms with Crippen LogP contribution in [0.1, 0.15) is 58.4 Å². The molecule has 29 heavy (non-hydrogen) atoms. The Bertz CT molecular complexity index is 977. The van der Waals surface area contributed by atoms with E-state index in [2.05, 4.69) is 53.5 Å². The average molecular weight is 382 g/mol. The first-order chi connectivity index (χ1) is 14.3. The molecule has 146 valence electrons.